The zero-order chi connectivity index (χ0) is 24.3. The Morgan fingerprint density at radius 3 is 2.12 bits per heavy atom. The van der Waals surface area contributed by atoms with Crippen LogP contribution in [-0.2, 0) is 27.8 Å². The smallest absolute Gasteiger partial charge is 0.242 e. The van der Waals surface area contributed by atoms with Crippen molar-refractivity contribution in [3.8, 4) is 0 Å². The third-order valence-corrected chi connectivity index (χ3v) is 6.15. The number of unbranched alkanes of at least 4 members (excludes halogenated alkanes) is 1. The molecule has 4 nitrogen and oxygen atoms in total. The number of aryl methyl sites for hydroxylation is 1. The number of nitrogens with one attached hydrogen (secondary N) is 1. The summed E-state index contributed by atoms with van der Waals surface area (Å²) in [5, 5.41) is 3.03. The minimum atomic E-state index is -0.429. The summed E-state index contributed by atoms with van der Waals surface area (Å²) in [6.45, 7) is 11.9. The number of amides is 2. The highest BCUT2D eigenvalue weighted by Gasteiger charge is 2.27. The highest BCUT2D eigenvalue weighted by atomic mass is 16.2. The summed E-state index contributed by atoms with van der Waals surface area (Å²) in [7, 11) is 0. The van der Waals surface area contributed by atoms with Gasteiger partial charge < -0.3 is 10.2 Å². The summed E-state index contributed by atoms with van der Waals surface area (Å²) < 4.78 is 0. The van der Waals surface area contributed by atoms with Gasteiger partial charge in [-0.3, -0.25) is 9.59 Å². The molecule has 0 saturated carbocycles. The average Bonchev–Trinajstić information content (AvgIpc) is 2.80. The van der Waals surface area contributed by atoms with Crippen molar-refractivity contribution in [1.29, 1.82) is 0 Å². The Morgan fingerprint density at radius 2 is 1.55 bits per heavy atom. The van der Waals surface area contributed by atoms with Gasteiger partial charge in [0, 0.05) is 19.5 Å². The molecule has 0 saturated heterocycles. The molecule has 0 aliphatic heterocycles. The van der Waals surface area contributed by atoms with E-state index >= 15 is 0 Å². The number of rotatable bonds is 12. The summed E-state index contributed by atoms with van der Waals surface area (Å²) in [6.07, 6.45) is 4.41. The fourth-order valence-electron chi connectivity index (χ4n) is 3.97. The van der Waals surface area contributed by atoms with Gasteiger partial charge in [0.25, 0.3) is 0 Å². The van der Waals surface area contributed by atoms with Crippen molar-refractivity contribution >= 4 is 11.8 Å². The minimum Gasteiger partial charge on any atom is -0.354 e. The van der Waals surface area contributed by atoms with E-state index in [1.807, 2.05) is 25.1 Å². The molecule has 0 aromatic heterocycles. The molecular weight excluding hydrogens is 408 g/mol. The first-order valence-electron chi connectivity index (χ1n) is 12.5. The van der Waals surface area contributed by atoms with Crippen LogP contribution in [0.5, 0.6) is 0 Å². The fraction of sp³-hybridized carbons (Fsp3) is 0.517. The second kappa shape index (κ2) is 13.2. The summed E-state index contributed by atoms with van der Waals surface area (Å²) in [5.41, 5.74) is 3.73. The quantitative estimate of drug-likeness (QED) is 0.423. The Bertz CT molecular complexity index is 853. The topological polar surface area (TPSA) is 49.4 Å². The van der Waals surface area contributed by atoms with Gasteiger partial charge in [-0.1, -0.05) is 95.6 Å². The monoisotopic (exact) mass is 450 g/mol. The molecule has 0 unspecified atom stereocenters. The third-order valence-electron chi connectivity index (χ3n) is 6.15. The number of hydrogen-bond acceptors (Lipinski definition) is 2. The first kappa shape index (κ1) is 26.6. The highest BCUT2D eigenvalue weighted by Crippen LogP contribution is 2.22. The summed E-state index contributed by atoms with van der Waals surface area (Å²) >= 11 is 0. The molecule has 180 valence electrons. The van der Waals surface area contributed by atoms with E-state index in [1.54, 1.807) is 4.90 Å². The van der Waals surface area contributed by atoms with Crippen molar-refractivity contribution in [1.82, 2.24) is 10.2 Å². The van der Waals surface area contributed by atoms with Gasteiger partial charge >= 0.3 is 0 Å². The number of nitrogens with zero attached hydrogens (tertiary/aromatic N) is 1. The zero-order valence-corrected chi connectivity index (χ0v) is 21.2. The van der Waals surface area contributed by atoms with Crippen molar-refractivity contribution in [2.45, 2.75) is 84.6 Å². The second-order valence-corrected chi connectivity index (χ2v) is 9.84. The molecule has 2 rings (SSSR count). The number of carbonyl (C=O) groups is 2. The predicted molar refractivity (Wildman–Crippen MR) is 137 cm³/mol. The molecule has 1 atom stereocenters. The molecule has 0 aliphatic carbocycles. The van der Waals surface area contributed by atoms with Gasteiger partial charge in [0.2, 0.25) is 11.8 Å². The lowest BCUT2D eigenvalue weighted by molar-refractivity contribution is -0.140. The standard InChI is InChI=1S/C29H42N2O2/c1-6-8-21-30-28(33)26(7-2)31(22-20-23-12-10-9-11-13-23)27(32)19-16-24-14-17-25(18-15-24)29(3,4)5/h9-15,17-18,26H,6-8,16,19-22H2,1-5H3,(H,30,33)/t26-/m0/s1. The summed E-state index contributed by atoms with van der Waals surface area (Å²) in [4.78, 5) is 28.1. The highest BCUT2D eigenvalue weighted by molar-refractivity contribution is 5.87. The van der Waals surface area contributed by atoms with E-state index < -0.39 is 6.04 Å². The minimum absolute atomic E-state index is 0.0399. The van der Waals surface area contributed by atoms with Crippen molar-refractivity contribution in [2.75, 3.05) is 13.1 Å². The lowest BCUT2D eigenvalue weighted by Crippen LogP contribution is -2.50. The van der Waals surface area contributed by atoms with Crippen molar-refractivity contribution in [3.63, 3.8) is 0 Å². The van der Waals surface area contributed by atoms with Crippen LogP contribution in [0.1, 0.15) is 77.0 Å². The van der Waals surface area contributed by atoms with Gasteiger partial charge in [0.05, 0.1) is 0 Å². The van der Waals surface area contributed by atoms with E-state index in [9.17, 15) is 9.59 Å². The molecule has 4 heteroatoms. The fourth-order valence-corrected chi connectivity index (χ4v) is 3.97. The first-order valence-corrected chi connectivity index (χ1v) is 12.5. The van der Waals surface area contributed by atoms with E-state index in [4.69, 9.17) is 0 Å². The Hall–Kier alpha value is -2.62. The molecule has 2 amide bonds. The van der Waals surface area contributed by atoms with Crippen LogP contribution >= 0.6 is 0 Å². The molecule has 0 radical (unpaired) electrons. The maximum Gasteiger partial charge on any atom is 0.242 e. The summed E-state index contributed by atoms with van der Waals surface area (Å²) in [6, 6.07) is 18.3. The van der Waals surface area contributed by atoms with Crippen LogP contribution in [0, 0.1) is 0 Å². The molecule has 33 heavy (non-hydrogen) atoms. The molecule has 0 spiro atoms. The van der Waals surface area contributed by atoms with Crippen molar-refractivity contribution < 1.29 is 9.59 Å². The molecule has 1 N–H and O–H groups in total. The third kappa shape index (κ3) is 8.68. The SMILES string of the molecule is CCCCNC(=O)[C@H](CC)N(CCc1ccccc1)C(=O)CCc1ccc(C(C)(C)C)cc1. The number of benzene rings is 2. The Kier molecular flexibility index (Phi) is 10.6. The van der Waals surface area contributed by atoms with Gasteiger partial charge in [0.15, 0.2) is 0 Å². The van der Waals surface area contributed by atoms with E-state index in [2.05, 4.69) is 69.4 Å². The van der Waals surface area contributed by atoms with Crippen LogP contribution < -0.4 is 5.32 Å². The van der Waals surface area contributed by atoms with Crippen LogP contribution in [0.25, 0.3) is 0 Å². The van der Waals surface area contributed by atoms with Crippen LogP contribution in [-0.4, -0.2) is 35.8 Å². The van der Waals surface area contributed by atoms with E-state index in [-0.39, 0.29) is 17.2 Å². The maximum atomic E-state index is 13.3. The Balaban J connectivity index is 2.09. The van der Waals surface area contributed by atoms with Crippen LogP contribution in [0.15, 0.2) is 54.6 Å². The van der Waals surface area contributed by atoms with Gasteiger partial charge in [0.1, 0.15) is 6.04 Å². The van der Waals surface area contributed by atoms with Gasteiger partial charge in [-0.2, -0.15) is 0 Å². The van der Waals surface area contributed by atoms with E-state index in [0.717, 1.165) is 24.8 Å². The summed E-state index contributed by atoms with van der Waals surface area (Å²) in [5.74, 6) is 0.00483. The van der Waals surface area contributed by atoms with Gasteiger partial charge in [-0.05, 0) is 47.8 Å². The maximum absolute atomic E-state index is 13.3. The Labute approximate surface area is 200 Å². The molecule has 2 aromatic rings. The molecule has 2 aromatic carbocycles. The molecule has 0 aliphatic rings. The van der Waals surface area contributed by atoms with Gasteiger partial charge in [-0.15, -0.1) is 0 Å². The lowest BCUT2D eigenvalue weighted by atomic mass is 9.86. The molecule has 0 heterocycles. The van der Waals surface area contributed by atoms with Crippen LogP contribution in [0.4, 0.5) is 0 Å². The van der Waals surface area contributed by atoms with Crippen LogP contribution in [0.2, 0.25) is 0 Å². The second-order valence-electron chi connectivity index (χ2n) is 9.84. The number of hydrogen-bond donors (Lipinski definition) is 1. The Morgan fingerprint density at radius 1 is 0.909 bits per heavy atom. The largest absolute Gasteiger partial charge is 0.354 e. The van der Waals surface area contributed by atoms with Crippen LogP contribution in [0.3, 0.4) is 0 Å². The van der Waals surface area contributed by atoms with Crippen molar-refractivity contribution in [2.24, 2.45) is 0 Å². The lowest BCUT2D eigenvalue weighted by Gasteiger charge is -2.31. The molecule has 0 fully saturated rings. The number of carbonyl (C=O) groups excluding carboxylic acids is 2. The molecular formula is C29H42N2O2. The van der Waals surface area contributed by atoms with E-state index in [0.29, 0.717) is 32.4 Å². The predicted octanol–water partition coefficient (Wildman–Crippen LogP) is 5.68. The van der Waals surface area contributed by atoms with Gasteiger partial charge in [-0.25, -0.2) is 0 Å². The first-order chi connectivity index (χ1) is 15.8. The van der Waals surface area contributed by atoms with E-state index in [1.165, 1.54) is 11.1 Å². The zero-order valence-electron chi connectivity index (χ0n) is 21.2. The molecule has 0 bridgehead atoms. The average molecular weight is 451 g/mol. The van der Waals surface area contributed by atoms with Crippen molar-refractivity contribution in [3.05, 3.63) is 71.3 Å². The normalized spacial score (nSPS) is 12.3.